The van der Waals surface area contributed by atoms with Gasteiger partial charge in [-0.2, -0.15) is 0 Å². The summed E-state index contributed by atoms with van der Waals surface area (Å²) in [6.45, 7) is 5.58. The third-order valence-corrected chi connectivity index (χ3v) is 4.43. The fourth-order valence-corrected chi connectivity index (χ4v) is 3.38. The van der Waals surface area contributed by atoms with E-state index in [9.17, 15) is 4.79 Å². The number of primary amides is 1. The first-order chi connectivity index (χ1) is 10.1. The second-order valence-electron chi connectivity index (χ2n) is 5.85. The zero-order valence-corrected chi connectivity index (χ0v) is 13.0. The first-order valence-electron chi connectivity index (χ1n) is 7.82. The predicted molar refractivity (Wildman–Crippen MR) is 85.3 cm³/mol. The second kappa shape index (κ2) is 6.89. The van der Waals surface area contributed by atoms with Crippen LogP contribution in [0.25, 0.3) is 0 Å². The molecule has 1 aromatic heterocycles. The van der Waals surface area contributed by atoms with E-state index in [1.165, 1.54) is 19.3 Å². The molecule has 2 atom stereocenters. The minimum Gasteiger partial charge on any atom is -0.366 e. The number of rotatable bonds is 5. The summed E-state index contributed by atoms with van der Waals surface area (Å²) in [5, 5.41) is 0. The summed E-state index contributed by atoms with van der Waals surface area (Å²) >= 11 is 0. The third kappa shape index (κ3) is 3.53. The number of aromatic nitrogens is 1. The maximum absolute atomic E-state index is 11.5. The molecule has 1 amide bonds. The van der Waals surface area contributed by atoms with E-state index < -0.39 is 5.91 Å². The van der Waals surface area contributed by atoms with E-state index in [0.29, 0.717) is 24.1 Å². The van der Waals surface area contributed by atoms with Gasteiger partial charge in [-0.3, -0.25) is 4.79 Å². The van der Waals surface area contributed by atoms with Gasteiger partial charge in [0.25, 0.3) is 0 Å². The fraction of sp³-hybridized carbons (Fsp3) is 0.625. The first kappa shape index (κ1) is 15.8. The highest BCUT2D eigenvalue weighted by molar-refractivity contribution is 5.93. The van der Waals surface area contributed by atoms with Gasteiger partial charge in [-0.25, -0.2) is 4.98 Å². The maximum atomic E-state index is 11.5. The van der Waals surface area contributed by atoms with Gasteiger partial charge in [0.15, 0.2) is 0 Å². The Morgan fingerprint density at radius 1 is 1.38 bits per heavy atom. The Hall–Kier alpha value is -1.62. The van der Waals surface area contributed by atoms with Gasteiger partial charge >= 0.3 is 0 Å². The zero-order valence-electron chi connectivity index (χ0n) is 13.0. The van der Waals surface area contributed by atoms with E-state index in [1.807, 2.05) is 6.92 Å². The molecule has 0 bridgehead atoms. The Kier molecular flexibility index (Phi) is 5.17. The Labute approximate surface area is 126 Å². The number of carbonyl (C=O) groups excluding carboxylic acids is 1. The number of nitrogens with zero attached hydrogens (tertiary/aromatic N) is 2. The van der Waals surface area contributed by atoms with Crippen LogP contribution in [-0.4, -0.2) is 30.0 Å². The van der Waals surface area contributed by atoms with Crippen molar-refractivity contribution in [1.82, 2.24) is 4.98 Å². The van der Waals surface area contributed by atoms with Gasteiger partial charge in [0.05, 0.1) is 0 Å². The van der Waals surface area contributed by atoms with Crippen LogP contribution in [0.2, 0.25) is 0 Å². The summed E-state index contributed by atoms with van der Waals surface area (Å²) in [6, 6.07) is 3.95. The Morgan fingerprint density at radius 2 is 2.10 bits per heavy atom. The van der Waals surface area contributed by atoms with Crippen LogP contribution in [-0.2, 0) is 0 Å². The molecular weight excluding hydrogens is 264 g/mol. The van der Waals surface area contributed by atoms with Gasteiger partial charge in [-0.15, -0.1) is 0 Å². The summed E-state index contributed by atoms with van der Waals surface area (Å²) in [5.74, 6) is 0.937. The maximum Gasteiger partial charge on any atom is 0.248 e. The van der Waals surface area contributed by atoms with Crippen LogP contribution < -0.4 is 16.4 Å². The number of nitrogens with two attached hydrogens (primary N) is 2. The number of hydrogen-bond acceptors (Lipinski definition) is 4. The summed E-state index contributed by atoms with van der Waals surface area (Å²) in [4.78, 5) is 18.4. The lowest BCUT2D eigenvalue weighted by Gasteiger charge is -2.40. The molecule has 2 rings (SSSR count). The average molecular weight is 290 g/mol. The van der Waals surface area contributed by atoms with Crippen molar-refractivity contribution in [2.75, 3.05) is 18.0 Å². The quantitative estimate of drug-likeness (QED) is 0.866. The minimum atomic E-state index is -0.406. The van der Waals surface area contributed by atoms with Crippen molar-refractivity contribution in [3.8, 4) is 0 Å². The number of amides is 1. The summed E-state index contributed by atoms with van der Waals surface area (Å²) in [6.07, 6.45) is 4.79. The Bertz CT molecular complexity index is 503. The molecule has 1 saturated carbocycles. The predicted octanol–water partition coefficient (Wildman–Crippen LogP) is 1.83. The molecule has 0 radical (unpaired) electrons. The number of hydrogen-bond donors (Lipinski definition) is 2. The van der Waals surface area contributed by atoms with Gasteiger partial charge < -0.3 is 16.4 Å². The molecule has 1 aliphatic rings. The van der Waals surface area contributed by atoms with E-state index in [-0.39, 0.29) is 0 Å². The molecule has 21 heavy (non-hydrogen) atoms. The topological polar surface area (TPSA) is 85.2 Å². The van der Waals surface area contributed by atoms with Crippen LogP contribution >= 0.6 is 0 Å². The monoisotopic (exact) mass is 290 g/mol. The third-order valence-electron chi connectivity index (χ3n) is 4.43. The number of anilines is 1. The zero-order chi connectivity index (χ0) is 15.4. The van der Waals surface area contributed by atoms with Crippen LogP contribution in [0.15, 0.2) is 12.1 Å². The first-order valence-corrected chi connectivity index (χ1v) is 7.82. The van der Waals surface area contributed by atoms with E-state index >= 15 is 0 Å². The van der Waals surface area contributed by atoms with E-state index in [4.69, 9.17) is 11.5 Å². The number of pyridine rings is 1. The molecule has 1 aromatic rings. The fourth-order valence-electron chi connectivity index (χ4n) is 3.38. The molecular formula is C16H26N4O. The van der Waals surface area contributed by atoms with E-state index in [1.54, 1.807) is 12.1 Å². The molecule has 1 fully saturated rings. The molecule has 0 aliphatic heterocycles. The molecule has 2 unspecified atom stereocenters. The van der Waals surface area contributed by atoms with Gasteiger partial charge in [0.2, 0.25) is 5.91 Å². The molecule has 4 N–H and O–H groups in total. The van der Waals surface area contributed by atoms with Gasteiger partial charge in [-0.1, -0.05) is 12.8 Å². The van der Waals surface area contributed by atoms with Gasteiger partial charge in [-0.05, 0) is 51.3 Å². The molecule has 0 saturated heterocycles. The molecule has 5 nitrogen and oxygen atoms in total. The Morgan fingerprint density at radius 3 is 2.71 bits per heavy atom. The number of carbonyl (C=O) groups is 1. The van der Waals surface area contributed by atoms with Gasteiger partial charge in [0.1, 0.15) is 5.82 Å². The molecule has 0 aromatic carbocycles. The number of aryl methyl sites for hydroxylation is 1. The van der Waals surface area contributed by atoms with Crippen molar-refractivity contribution in [3.63, 3.8) is 0 Å². The van der Waals surface area contributed by atoms with Crippen molar-refractivity contribution in [3.05, 3.63) is 23.4 Å². The lowest BCUT2D eigenvalue weighted by Crippen LogP contribution is -2.45. The molecule has 0 spiro atoms. The van der Waals surface area contributed by atoms with E-state index in [2.05, 4.69) is 16.8 Å². The minimum absolute atomic E-state index is 0.406. The highest BCUT2D eigenvalue weighted by atomic mass is 16.1. The molecule has 5 heteroatoms. The summed E-state index contributed by atoms with van der Waals surface area (Å²) in [5.41, 5.74) is 12.7. The van der Waals surface area contributed by atoms with Gasteiger partial charge in [0, 0.05) is 23.8 Å². The SMILES string of the molecule is CCN(c1cc(C(N)=O)cc(C)n1)C1CCCCC1CN. The lowest BCUT2D eigenvalue weighted by atomic mass is 9.83. The van der Waals surface area contributed by atoms with Crippen LogP contribution in [0.3, 0.4) is 0 Å². The lowest BCUT2D eigenvalue weighted by molar-refractivity contribution is 0.1000. The highest BCUT2D eigenvalue weighted by Crippen LogP contribution is 2.30. The van der Waals surface area contributed by atoms with Crippen LogP contribution in [0.1, 0.15) is 48.7 Å². The average Bonchev–Trinajstić information content (AvgIpc) is 2.48. The molecule has 1 aliphatic carbocycles. The van der Waals surface area contributed by atoms with Crippen molar-refractivity contribution in [2.45, 2.75) is 45.6 Å². The molecule has 1 heterocycles. The largest absolute Gasteiger partial charge is 0.366 e. The molecule has 116 valence electrons. The summed E-state index contributed by atoms with van der Waals surface area (Å²) in [7, 11) is 0. The van der Waals surface area contributed by atoms with Crippen LogP contribution in [0, 0.1) is 12.8 Å². The van der Waals surface area contributed by atoms with Crippen LogP contribution in [0.4, 0.5) is 5.82 Å². The Balaban J connectivity index is 2.33. The van der Waals surface area contributed by atoms with E-state index in [0.717, 1.165) is 24.5 Å². The van der Waals surface area contributed by atoms with Crippen molar-refractivity contribution in [1.29, 1.82) is 0 Å². The standard InChI is InChI=1S/C16H26N4O/c1-3-20(14-7-5-4-6-12(14)10-17)15-9-13(16(18)21)8-11(2)19-15/h8-9,12,14H,3-7,10,17H2,1-2H3,(H2,18,21). The van der Waals surface area contributed by atoms with Crippen molar-refractivity contribution < 1.29 is 4.79 Å². The van der Waals surface area contributed by atoms with Crippen LogP contribution in [0.5, 0.6) is 0 Å². The van der Waals surface area contributed by atoms with Crippen molar-refractivity contribution in [2.24, 2.45) is 17.4 Å². The highest BCUT2D eigenvalue weighted by Gasteiger charge is 2.29. The normalized spacial score (nSPS) is 22.0. The second-order valence-corrected chi connectivity index (χ2v) is 5.85. The smallest absolute Gasteiger partial charge is 0.248 e. The summed E-state index contributed by atoms with van der Waals surface area (Å²) < 4.78 is 0. The van der Waals surface area contributed by atoms with Crippen molar-refractivity contribution >= 4 is 11.7 Å².